The van der Waals surface area contributed by atoms with Crippen molar-refractivity contribution in [1.29, 1.82) is 0 Å². The van der Waals surface area contributed by atoms with Crippen molar-refractivity contribution in [2.45, 2.75) is 38.6 Å². The van der Waals surface area contributed by atoms with Crippen LogP contribution in [0, 0.1) is 0 Å². The number of aliphatic hydroxyl groups is 1. The van der Waals surface area contributed by atoms with Gasteiger partial charge >= 0.3 is 5.97 Å². The number of pyridine rings is 2. The van der Waals surface area contributed by atoms with Gasteiger partial charge in [0.15, 0.2) is 17.6 Å². The fourth-order valence-corrected chi connectivity index (χ4v) is 7.20. The molecule has 0 aliphatic carbocycles. The second-order valence-electron chi connectivity index (χ2n) is 14.8. The summed E-state index contributed by atoms with van der Waals surface area (Å²) in [4.78, 5) is 104. The molecular formula is C42H47N7O16. The Morgan fingerprint density at radius 1 is 0.708 bits per heavy atom. The highest BCUT2D eigenvalue weighted by Gasteiger charge is 2.35. The molecule has 4 aliphatic rings. The van der Waals surface area contributed by atoms with Gasteiger partial charge in [0.2, 0.25) is 30.4 Å². The van der Waals surface area contributed by atoms with E-state index < -0.39 is 47.2 Å². The Morgan fingerprint density at radius 3 is 2.03 bits per heavy atom. The number of fused-ring (bicyclic) bond motifs is 6. The smallest absolute Gasteiger partial charge is 0.340 e. The van der Waals surface area contributed by atoms with Crippen molar-refractivity contribution in [3.05, 3.63) is 63.0 Å². The van der Waals surface area contributed by atoms with Gasteiger partial charge in [-0.25, -0.2) is 9.78 Å². The van der Waals surface area contributed by atoms with E-state index in [1.54, 1.807) is 18.2 Å². The Balaban J connectivity index is 0.737. The average molecular weight is 906 g/mol. The van der Waals surface area contributed by atoms with E-state index in [4.69, 9.17) is 38.1 Å². The zero-order chi connectivity index (χ0) is 45.9. The van der Waals surface area contributed by atoms with Gasteiger partial charge in [0, 0.05) is 67.2 Å². The highest BCUT2D eigenvalue weighted by atomic mass is 16.7. The number of ether oxygens (including phenoxy) is 7. The van der Waals surface area contributed by atoms with Gasteiger partial charge in [0.05, 0.1) is 95.0 Å². The Bertz CT molecular complexity index is 2440. The number of cyclic esters (lactones) is 1. The van der Waals surface area contributed by atoms with Crippen LogP contribution < -0.4 is 36.3 Å². The van der Waals surface area contributed by atoms with Gasteiger partial charge in [-0.1, -0.05) is 0 Å². The van der Waals surface area contributed by atoms with E-state index in [1.807, 2.05) is 0 Å². The molecule has 0 spiro atoms. The van der Waals surface area contributed by atoms with Crippen LogP contribution in [0.3, 0.4) is 0 Å². The molecular weight excluding hydrogens is 858 g/mol. The third kappa shape index (κ3) is 11.5. The number of hydrogen-bond acceptors (Lipinski definition) is 17. The summed E-state index contributed by atoms with van der Waals surface area (Å²) < 4.78 is 39.3. The van der Waals surface area contributed by atoms with Crippen LogP contribution in [0.4, 0.5) is 0 Å². The summed E-state index contributed by atoms with van der Waals surface area (Å²) in [6, 6.07) is 5.00. The molecule has 0 unspecified atom stereocenters. The molecule has 23 nitrogen and oxygen atoms in total. The highest BCUT2D eigenvalue weighted by molar-refractivity contribution is 6.13. The van der Waals surface area contributed by atoms with E-state index in [0.717, 1.165) is 4.90 Å². The predicted octanol–water partition coefficient (Wildman–Crippen LogP) is -2.02. The molecule has 0 bridgehead atoms. The number of imide groups is 1. The highest BCUT2D eigenvalue weighted by Crippen LogP contribution is 2.42. The Hall–Kier alpha value is -6.79. The molecule has 0 fully saturated rings. The van der Waals surface area contributed by atoms with Crippen LogP contribution in [0.25, 0.3) is 22.3 Å². The molecule has 4 aliphatic heterocycles. The molecule has 1 atom stereocenters. The topological polar surface area (TPSA) is 291 Å². The van der Waals surface area contributed by atoms with Crippen LogP contribution >= 0.6 is 0 Å². The lowest BCUT2D eigenvalue weighted by atomic mass is 9.98. The first-order valence-corrected chi connectivity index (χ1v) is 20.8. The zero-order valence-corrected chi connectivity index (χ0v) is 35.1. The largest absolute Gasteiger partial charge is 0.458 e. The van der Waals surface area contributed by atoms with Crippen molar-refractivity contribution >= 4 is 52.3 Å². The molecule has 0 saturated carbocycles. The number of aromatic nitrogens is 2. The quantitative estimate of drug-likeness (QED) is 0.0288. The first-order chi connectivity index (χ1) is 31.5. The minimum absolute atomic E-state index is 0.00538. The van der Waals surface area contributed by atoms with Crippen molar-refractivity contribution in [1.82, 2.24) is 35.7 Å². The van der Waals surface area contributed by atoms with Crippen LogP contribution in [0.1, 0.15) is 41.2 Å². The zero-order valence-electron chi connectivity index (χ0n) is 35.1. The lowest BCUT2D eigenvalue weighted by Crippen LogP contribution is -2.42. The van der Waals surface area contributed by atoms with E-state index >= 15 is 0 Å². The summed E-state index contributed by atoms with van der Waals surface area (Å²) in [7, 11) is 0. The molecule has 0 saturated heterocycles. The van der Waals surface area contributed by atoms with Crippen LogP contribution in [0.15, 0.2) is 35.1 Å². The summed E-state index contributed by atoms with van der Waals surface area (Å²) in [5, 5.41) is 21.5. The van der Waals surface area contributed by atoms with Gasteiger partial charge in [-0.15, -0.1) is 0 Å². The van der Waals surface area contributed by atoms with Gasteiger partial charge in [0.25, 0.3) is 17.4 Å². The maximum Gasteiger partial charge on any atom is 0.340 e. The molecule has 2 aromatic heterocycles. The maximum atomic E-state index is 13.5. The lowest BCUT2D eigenvalue weighted by Gasteiger charge is -2.21. The predicted molar refractivity (Wildman–Crippen MR) is 221 cm³/mol. The van der Waals surface area contributed by atoms with Crippen LogP contribution in [-0.4, -0.2) is 147 Å². The molecule has 0 radical (unpaired) electrons. The molecule has 346 valence electrons. The Labute approximate surface area is 369 Å². The fourth-order valence-electron chi connectivity index (χ4n) is 7.20. The van der Waals surface area contributed by atoms with E-state index in [-0.39, 0.29) is 109 Å². The number of benzene rings is 1. The van der Waals surface area contributed by atoms with E-state index in [9.17, 15) is 43.5 Å². The number of amides is 6. The molecule has 6 heterocycles. The molecule has 5 N–H and O–H groups in total. The van der Waals surface area contributed by atoms with Crippen molar-refractivity contribution < 1.29 is 71.8 Å². The molecule has 23 heteroatoms. The van der Waals surface area contributed by atoms with Gasteiger partial charge < -0.3 is 64.1 Å². The number of carbonyl (C=O) groups is 7. The monoisotopic (exact) mass is 905 g/mol. The number of nitrogens with one attached hydrogen (secondary N) is 4. The summed E-state index contributed by atoms with van der Waals surface area (Å²) >= 11 is 0. The number of nitrogens with zero attached hydrogens (tertiary/aromatic N) is 3. The second-order valence-corrected chi connectivity index (χ2v) is 14.8. The standard InChI is InChI=1S/C42H47N7O16/c50-33(3-6-48-37(54)1-2-38(48)55)43-5-8-60-10-12-62-14-13-61-11-9-59-7-4-34(51)45-19-36(53)46-20-35(52)44-18-26-24-16-31-32(65-23-64-31)17-29(24)47-39-27(26)21-49-30(39)15-25-28(41(49)57)22-63-42(58)40(25)56/h1-2,15-17,40,56H,3-14,18-23H2,(H,43,50)(H,44,52)(H,45,51)(H,46,53)/t40-/m0/s1. The normalized spacial score (nSPS) is 15.4. The molecule has 7 rings (SSSR count). The average Bonchev–Trinajstić information content (AvgIpc) is 4.00. The van der Waals surface area contributed by atoms with Crippen molar-refractivity contribution in [3.8, 4) is 22.9 Å². The molecule has 1 aromatic carbocycles. The van der Waals surface area contributed by atoms with Crippen LogP contribution in [-0.2, 0) is 76.9 Å². The van der Waals surface area contributed by atoms with Crippen LogP contribution in [0.2, 0.25) is 0 Å². The molecule has 3 aromatic rings. The summed E-state index contributed by atoms with van der Waals surface area (Å²) in [6.45, 7) is 1.50. The lowest BCUT2D eigenvalue weighted by molar-refractivity contribution is -0.157. The third-order valence-corrected chi connectivity index (χ3v) is 10.5. The maximum absolute atomic E-state index is 13.5. The Kier molecular flexibility index (Phi) is 15.4. The van der Waals surface area contributed by atoms with Gasteiger partial charge in [-0.05, 0) is 17.7 Å². The number of esters is 1. The number of aliphatic hydroxyl groups excluding tert-OH is 1. The minimum Gasteiger partial charge on any atom is -0.458 e. The first kappa shape index (κ1) is 46.2. The summed E-state index contributed by atoms with van der Waals surface area (Å²) in [5.41, 5.74) is 2.47. The number of hydrogen-bond donors (Lipinski definition) is 5. The van der Waals surface area contributed by atoms with Crippen LogP contribution in [0.5, 0.6) is 11.5 Å². The van der Waals surface area contributed by atoms with Crippen molar-refractivity contribution in [2.24, 2.45) is 0 Å². The fraction of sp³-hybridized carbons (Fsp3) is 0.452. The van der Waals surface area contributed by atoms with Gasteiger partial charge in [-0.2, -0.15) is 0 Å². The number of carbonyl (C=O) groups excluding carboxylic acids is 7. The SMILES string of the molecule is O=C(CCN1C(=O)C=CC1=O)NCCOCCOCCOCCOCCC(=O)NCC(=O)NCC(=O)NCc1c2c(nc3cc4c(cc13)OCO4)-c1cc3c(c(=O)n1C2)COC(=O)[C@H]3O. The van der Waals surface area contributed by atoms with Crippen molar-refractivity contribution in [3.63, 3.8) is 0 Å². The summed E-state index contributed by atoms with van der Waals surface area (Å²) in [5.74, 6) is -2.60. The van der Waals surface area contributed by atoms with E-state index in [0.29, 0.717) is 71.3 Å². The summed E-state index contributed by atoms with van der Waals surface area (Å²) in [6.07, 6.45) is 0.721. The minimum atomic E-state index is -1.62. The molecule has 6 amide bonds. The second kappa shape index (κ2) is 21.7. The van der Waals surface area contributed by atoms with Crippen molar-refractivity contribution in [2.75, 3.05) is 85.8 Å². The Morgan fingerprint density at radius 2 is 1.32 bits per heavy atom. The number of rotatable bonds is 24. The third-order valence-electron chi connectivity index (χ3n) is 10.5. The molecule has 65 heavy (non-hydrogen) atoms. The first-order valence-electron chi connectivity index (χ1n) is 20.8. The van der Waals surface area contributed by atoms with E-state index in [2.05, 4.69) is 21.3 Å². The van der Waals surface area contributed by atoms with Gasteiger partial charge in [0.1, 0.15) is 6.61 Å². The van der Waals surface area contributed by atoms with E-state index in [1.165, 1.54) is 16.7 Å². The van der Waals surface area contributed by atoms with Gasteiger partial charge in [-0.3, -0.25) is 38.5 Å².